The maximum absolute atomic E-state index is 12.8. The van der Waals surface area contributed by atoms with Crippen molar-refractivity contribution in [3.05, 3.63) is 52.5 Å². The number of ether oxygens (including phenoxy) is 2. The van der Waals surface area contributed by atoms with E-state index < -0.39 is 0 Å². The summed E-state index contributed by atoms with van der Waals surface area (Å²) in [5.74, 6) is 1.89. The fraction of sp³-hybridized carbons (Fsp3) is 0.316. The van der Waals surface area contributed by atoms with E-state index >= 15 is 0 Å². The van der Waals surface area contributed by atoms with Crippen molar-refractivity contribution in [3.63, 3.8) is 0 Å². The molecule has 0 aliphatic heterocycles. The summed E-state index contributed by atoms with van der Waals surface area (Å²) in [7, 11) is 3.02. The van der Waals surface area contributed by atoms with Gasteiger partial charge in [-0.15, -0.1) is 0 Å². The third-order valence-corrected chi connectivity index (χ3v) is 4.23. The molecular formula is C19H21N3O5. The molecule has 2 aromatic heterocycles. The zero-order chi connectivity index (χ0) is 19.4. The van der Waals surface area contributed by atoms with Crippen molar-refractivity contribution in [1.82, 2.24) is 14.9 Å². The summed E-state index contributed by atoms with van der Waals surface area (Å²) in [5, 5.41) is 3.14. The number of rotatable bonds is 7. The average molecular weight is 371 g/mol. The predicted octanol–water partition coefficient (Wildman–Crippen LogP) is 1.67. The van der Waals surface area contributed by atoms with E-state index in [1.165, 1.54) is 18.8 Å². The van der Waals surface area contributed by atoms with Crippen LogP contribution >= 0.6 is 0 Å². The highest BCUT2D eigenvalue weighted by Crippen LogP contribution is 2.30. The molecule has 0 spiro atoms. The summed E-state index contributed by atoms with van der Waals surface area (Å²) < 4.78 is 17.1. The third-order valence-electron chi connectivity index (χ3n) is 4.23. The van der Waals surface area contributed by atoms with E-state index in [2.05, 4.69) is 10.3 Å². The zero-order valence-corrected chi connectivity index (χ0v) is 15.4. The van der Waals surface area contributed by atoms with Crippen LogP contribution in [0.15, 0.2) is 39.7 Å². The first-order chi connectivity index (χ1) is 13.0. The van der Waals surface area contributed by atoms with Gasteiger partial charge in [0.15, 0.2) is 11.5 Å². The molecular weight excluding hydrogens is 350 g/mol. The number of benzene rings is 1. The number of carbonyl (C=O) groups is 1. The van der Waals surface area contributed by atoms with Crippen molar-refractivity contribution in [2.75, 3.05) is 20.8 Å². The smallest absolute Gasteiger partial charge is 0.262 e. The van der Waals surface area contributed by atoms with E-state index in [-0.39, 0.29) is 18.0 Å². The number of hydrogen-bond acceptors (Lipinski definition) is 6. The minimum atomic E-state index is -0.306. The van der Waals surface area contributed by atoms with Crippen LogP contribution in [-0.4, -0.2) is 36.2 Å². The van der Waals surface area contributed by atoms with Crippen molar-refractivity contribution in [3.8, 4) is 11.5 Å². The number of nitrogens with zero attached hydrogens (tertiary/aromatic N) is 2. The van der Waals surface area contributed by atoms with Crippen LogP contribution in [0.3, 0.4) is 0 Å². The maximum atomic E-state index is 12.8. The summed E-state index contributed by atoms with van der Waals surface area (Å²) in [4.78, 5) is 29.5. The standard InChI is InChI=1S/C19H21N3O5/c1-12-21-15-10-17(26-3)16(25-2)9-14(15)19(24)22(12)11-18(23)20-7-6-13-5-4-8-27-13/h4-5,8-10H,6-7,11H2,1-3H3,(H,20,23). The highest BCUT2D eigenvalue weighted by molar-refractivity contribution is 5.82. The molecule has 0 radical (unpaired) electrons. The zero-order valence-electron chi connectivity index (χ0n) is 15.4. The number of hydrogen-bond donors (Lipinski definition) is 1. The van der Waals surface area contributed by atoms with Crippen molar-refractivity contribution >= 4 is 16.8 Å². The van der Waals surface area contributed by atoms with E-state index in [0.717, 1.165) is 5.76 Å². The van der Waals surface area contributed by atoms with Crippen LogP contribution in [-0.2, 0) is 17.8 Å². The van der Waals surface area contributed by atoms with E-state index in [9.17, 15) is 9.59 Å². The van der Waals surface area contributed by atoms with Crippen LogP contribution in [0.4, 0.5) is 0 Å². The SMILES string of the molecule is COc1cc2nc(C)n(CC(=O)NCCc3ccco3)c(=O)c2cc1OC. The van der Waals surface area contributed by atoms with Gasteiger partial charge in [-0.3, -0.25) is 14.2 Å². The number of aromatic nitrogens is 2. The normalized spacial score (nSPS) is 10.8. The molecule has 8 nitrogen and oxygen atoms in total. The van der Waals surface area contributed by atoms with Gasteiger partial charge in [0.25, 0.3) is 5.56 Å². The van der Waals surface area contributed by atoms with Gasteiger partial charge >= 0.3 is 0 Å². The topological polar surface area (TPSA) is 95.6 Å². The second-order valence-corrected chi connectivity index (χ2v) is 5.95. The van der Waals surface area contributed by atoms with Gasteiger partial charge in [-0.2, -0.15) is 0 Å². The van der Waals surface area contributed by atoms with Gasteiger partial charge in [-0.05, 0) is 25.1 Å². The number of amides is 1. The fourth-order valence-corrected chi connectivity index (χ4v) is 2.82. The lowest BCUT2D eigenvalue weighted by atomic mass is 10.2. The predicted molar refractivity (Wildman–Crippen MR) is 99.3 cm³/mol. The van der Waals surface area contributed by atoms with Gasteiger partial charge in [0.05, 0.1) is 31.4 Å². The highest BCUT2D eigenvalue weighted by Gasteiger charge is 2.15. The minimum Gasteiger partial charge on any atom is -0.493 e. The number of fused-ring (bicyclic) bond motifs is 1. The largest absolute Gasteiger partial charge is 0.493 e. The van der Waals surface area contributed by atoms with Crippen molar-refractivity contribution in [1.29, 1.82) is 0 Å². The van der Waals surface area contributed by atoms with Gasteiger partial charge in [0.1, 0.15) is 18.1 Å². The quantitative estimate of drug-likeness (QED) is 0.679. The van der Waals surface area contributed by atoms with Crippen LogP contribution < -0.4 is 20.3 Å². The fourth-order valence-electron chi connectivity index (χ4n) is 2.82. The molecule has 0 atom stereocenters. The van der Waals surface area contributed by atoms with Crippen LogP contribution in [0.25, 0.3) is 10.9 Å². The maximum Gasteiger partial charge on any atom is 0.262 e. The molecule has 0 unspecified atom stereocenters. The lowest BCUT2D eigenvalue weighted by Crippen LogP contribution is -2.34. The Hall–Kier alpha value is -3.29. The molecule has 0 saturated heterocycles. The Bertz CT molecular complexity index is 1010. The summed E-state index contributed by atoms with van der Waals surface area (Å²) in [6, 6.07) is 6.87. The second kappa shape index (κ2) is 7.94. The Morgan fingerprint density at radius 2 is 2.00 bits per heavy atom. The summed E-state index contributed by atoms with van der Waals surface area (Å²) in [6.45, 7) is 2.00. The van der Waals surface area contributed by atoms with Crippen LogP contribution in [0.2, 0.25) is 0 Å². The number of carbonyl (C=O) groups excluding carboxylic acids is 1. The molecule has 0 fully saturated rings. The van der Waals surface area contributed by atoms with Gasteiger partial charge in [-0.25, -0.2) is 4.98 Å². The molecule has 0 aliphatic rings. The van der Waals surface area contributed by atoms with Crippen LogP contribution in [0, 0.1) is 6.92 Å². The van der Waals surface area contributed by atoms with E-state index in [4.69, 9.17) is 13.9 Å². The minimum absolute atomic E-state index is 0.111. The molecule has 1 aromatic carbocycles. The lowest BCUT2D eigenvalue weighted by Gasteiger charge is -2.13. The van der Waals surface area contributed by atoms with E-state index in [0.29, 0.717) is 41.2 Å². The molecule has 3 aromatic rings. The van der Waals surface area contributed by atoms with Crippen LogP contribution in [0.5, 0.6) is 11.5 Å². The molecule has 0 saturated carbocycles. The van der Waals surface area contributed by atoms with E-state index in [1.807, 2.05) is 6.07 Å². The molecule has 0 aliphatic carbocycles. The Morgan fingerprint density at radius 1 is 1.26 bits per heavy atom. The third kappa shape index (κ3) is 3.94. The van der Waals surface area contributed by atoms with Gasteiger partial charge in [0.2, 0.25) is 5.91 Å². The first kappa shape index (κ1) is 18.5. The second-order valence-electron chi connectivity index (χ2n) is 5.95. The first-order valence-corrected chi connectivity index (χ1v) is 8.45. The van der Waals surface area contributed by atoms with Gasteiger partial charge in [-0.1, -0.05) is 0 Å². The molecule has 1 N–H and O–H groups in total. The monoisotopic (exact) mass is 371 g/mol. The number of nitrogens with one attached hydrogen (secondary N) is 1. The Kier molecular flexibility index (Phi) is 5.44. The molecule has 0 bridgehead atoms. The summed E-state index contributed by atoms with van der Waals surface area (Å²) in [6.07, 6.45) is 2.17. The summed E-state index contributed by atoms with van der Waals surface area (Å²) >= 11 is 0. The molecule has 2 heterocycles. The molecule has 3 rings (SSSR count). The van der Waals surface area contributed by atoms with Crippen molar-refractivity contribution in [2.24, 2.45) is 0 Å². The Balaban J connectivity index is 1.81. The first-order valence-electron chi connectivity index (χ1n) is 8.45. The number of furan rings is 1. The molecule has 1 amide bonds. The van der Waals surface area contributed by atoms with Crippen LogP contribution in [0.1, 0.15) is 11.6 Å². The van der Waals surface area contributed by atoms with Gasteiger partial charge in [0, 0.05) is 19.0 Å². The number of aryl methyl sites for hydroxylation is 1. The Labute approximate surface area is 155 Å². The van der Waals surface area contributed by atoms with Crippen molar-refractivity contribution < 1.29 is 18.7 Å². The average Bonchev–Trinajstić information content (AvgIpc) is 3.17. The molecule has 142 valence electrons. The van der Waals surface area contributed by atoms with E-state index in [1.54, 1.807) is 31.4 Å². The molecule has 8 heteroatoms. The Morgan fingerprint density at radius 3 is 2.67 bits per heavy atom. The highest BCUT2D eigenvalue weighted by atomic mass is 16.5. The van der Waals surface area contributed by atoms with Gasteiger partial charge < -0.3 is 19.2 Å². The van der Waals surface area contributed by atoms with Crippen molar-refractivity contribution in [2.45, 2.75) is 19.9 Å². The molecule has 27 heavy (non-hydrogen) atoms. The summed E-state index contributed by atoms with van der Waals surface area (Å²) in [5.41, 5.74) is 0.185. The lowest BCUT2D eigenvalue weighted by molar-refractivity contribution is -0.121. The number of methoxy groups -OCH3 is 2.